The zero-order valence-electron chi connectivity index (χ0n) is 10.4. The Morgan fingerprint density at radius 3 is 2.88 bits per heavy atom. The smallest absolute Gasteiger partial charge is 0.159 e. The molecule has 5 atom stereocenters. The Hall–Kier alpha value is -0.300. The van der Waals surface area contributed by atoms with Crippen molar-refractivity contribution in [3.05, 3.63) is 0 Å². The summed E-state index contributed by atoms with van der Waals surface area (Å²) in [6, 6.07) is -0.0203. The molecule has 2 saturated heterocycles. The number of aliphatic hydroxyl groups is 1. The Bertz CT molecular complexity index is 300. The Morgan fingerprint density at radius 1 is 1.53 bits per heavy atom. The molecule has 0 amide bonds. The quantitative estimate of drug-likeness (QED) is 0.777. The van der Waals surface area contributed by atoms with E-state index in [0.717, 1.165) is 18.1 Å². The number of rotatable bonds is 3. The second kappa shape index (κ2) is 5.56. The molecule has 5 nitrogen and oxygen atoms in total. The summed E-state index contributed by atoms with van der Waals surface area (Å²) in [7, 11) is 1.63. The molecule has 98 valence electrons. The van der Waals surface area contributed by atoms with Crippen LogP contribution in [0.25, 0.3) is 0 Å². The van der Waals surface area contributed by atoms with Gasteiger partial charge in [-0.1, -0.05) is 18.7 Å². The third-order valence-electron chi connectivity index (χ3n) is 3.17. The second-order valence-electron chi connectivity index (χ2n) is 4.21. The van der Waals surface area contributed by atoms with Gasteiger partial charge in [0, 0.05) is 13.7 Å². The van der Waals surface area contributed by atoms with Crippen molar-refractivity contribution in [3.63, 3.8) is 0 Å². The van der Waals surface area contributed by atoms with E-state index in [0.29, 0.717) is 0 Å². The minimum Gasteiger partial charge on any atom is -0.388 e. The summed E-state index contributed by atoms with van der Waals surface area (Å²) in [6.07, 6.45) is -0.196. The number of nitrogens with one attached hydrogen (secondary N) is 1. The van der Waals surface area contributed by atoms with Crippen LogP contribution in [0.4, 0.5) is 0 Å². The number of hydrogen-bond acceptors (Lipinski definition) is 5. The summed E-state index contributed by atoms with van der Waals surface area (Å²) in [5.74, 6) is 0. The van der Waals surface area contributed by atoms with Crippen molar-refractivity contribution in [2.45, 2.75) is 50.1 Å². The Morgan fingerprint density at radius 2 is 2.29 bits per heavy atom. The minimum absolute atomic E-state index is 0.0152. The van der Waals surface area contributed by atoms with Crippen molar-refractivity contribution >= 4 is 16.9 Å². The van der Waals surface area contributed by atoms with Crippen LogP contribution in [0.3, 0.4) is 0 Å². The van der Waals surface area contributed by atoms with Crippen LogP contribution in [0.2, 0.25) is 0 Å². The molecule has 2 aliphatic rings. The molecule has 2 N–H and O–H groups in total. The average molecular weight is 260 g/mol. The van der Waals surface area contributed by atoms with Gasteiger partial charge in [-0.05, 0) is 13.3 Å². The van der Waals surface area contributed by atoms with Crippen LogP contribution in [-0.2, 0) is 9.47 Å². The molecule has 2 aliphatic heterocycles. The van der Waals surface area contributed by atoms with Crippen LogP contribution in [0.5, 0.6) is 0 Å². The van der Waals surface area contributed by atoms with Crippen molar-refractivity contribution in [1.29, 1.82) is 0 Å². The standard InChI is InChI=1S/C11H20N2O3S/c1-4-6-8(14)9(15-3)7-10(16-6)17-11(13-7)12-5-2/h6-10,14H,4-5H2,1-3H3,(H,12,13)/t6-,7-,8-,9-,10-/m1/s1. The van der Waals surface area contributed by atoms with Gasteiger partial charge in [-0.2, -0.15) is 0 Å². The second-order valence-corrected chi connectivity index (χ2v) is 5.30. The van der Waals surface area contributed by atoms with Crippen molar-refractivity contribution in [2.75, 3.05) is 13.7 Å². The molecule has 0 aromatic heterocycles. The van der Waals surface area contributed by atoms with E-state index in [1.807, 2.05) is 13.8 Å². The molecular weight excluding hydrogens is 240 g/mol. The molecule has 2 heterocycles. The zero-order valence-corrected chi connectivity index (χ0v) is 11.2. The van der Waals surface area contributed by atoms with Gasteiger partial charge in [0.25, 0.3) is 0 Å². The van der Waals surface area contributed by atoms with Gasteiger partial charge < -0.3 is 19.9 Å². The highest BCUT2D eigenvalue weighted by Crippen LogP contribution is 2.35. The van der Waals surface area contributed by atoms with E-state index in [4.69, 9.17) is 9.47 Å². The number of hydrogen-bond donors (Lipinski definition) is 2. The Balaban J connectivity index is 2.14. The first-order valence-electron chi connectivity index (χ1n) is 6.05. The van der Waals surface area contributed by atoms with E-state index in [-0.39, 0.29) is 23.7 Å². The first kappa shape index (κ1) is 13.1. The SMILES string of the molecule is CCN=C1N[C@@H]2[C@@H](OC)[C@H](O)[C@@H](CC)O[C@@H]2S1. The van der Waals surface area contributed by atoms with E-state index >= 15 is 0 Å². The Labute approximate surface area is 106 Å². The van der Waals surface area contributed by atoms with E-state index < -0.39 is 6.10 Å². The molecule has 0 aromatic rings. The summed E-state index contributed by atoms with van der Waals surface area (Å²) in [5, 5.41) is 14.3. The van der Waals surface area contributed by atoms with Crippen LogP contribution in [-0.4, -0.2) is 53.7 Å². The van der Waals surface area contributed by atoms with Gasteiger partial charge in [-0.25, -0.2) is 0 Å². The third-order valence-corrected chi connectivity index (χ3v) is 4.27. The lowest BCUT2D eigenvalue weighted by Gasteiger charge is -2.40. The molecule has 0 aliphatic carbocycles. The van der Waals surface area contributed by atoms with E-state index in [1.165, 1.54) is 0 Å². The van der Waals surface area contributed by atoms with Crippen LogP contribution in [0.15, 0.2) is 4.99 Å². The largest absolute Gasteiger partial charge is 0.388 e. The van der Waals surface area contributed by atoms with Gasteiger partial charge in [0.05, 0.1) is 12.1 Å². The predicted octanol–water partition coefficient (Wildman–Crippen LogP) is 0.578. The number of nitrogens with zero attached hydrogens (tertiary/aromatic N) is 1. The fraction of sp³-hybridized carbons (Fsp3) is 0.909. The van der Waals surface area contributed by atoms with E-state index in [2.05, 4.69) is 10.3 Å². The molecule has 0 bridgehead atoms. The van der Waals surface area contributed by atoms with Crippen LogP contribution in [0.1, 0.15) is 20.3 Å². The summed E-state index contributed by atoms with van der Waals surface area (Å²) in [5.41, 5.74) is -0.0152. The van der Waals surface area contributed by atoms with Crippen molar-refractivity contribution in [2.24, 2.45) is 4.99 Å². The number of aliphatic hydroxyl groups excluding tert-OH is 1. The van der Waals surface area contributed by atoms with Crippen LogP contribution < -0.4 is 5.32 Å². The number of methoxy groups -OCH3 is 1. The molecule has 0 unspecified atom stereocenters. The number of thioether (sulfide) groups is 1. The maximum absolute atomic E-state index is 10.2. The average Bonchev–Trinajstić information content (AvgIpc) is 2.71. The molecular formula is C11H20N2O3S. The highest BCUT2D eigenvalue weighted by atomic mass is 32.2. The Kier molecular flexibility index (Phi) is 4.30. The first-order chi connectivity index (χ1) is 8.21. The van der Waals surface area contributed by atoms with Crippen molar-refractivity contribution < 1.29 is 14.6 Å². The molecule has 0 radical (unpaired) electrons. The zero-order chi connectivity index (χ0) is 12.4. The van der Waals surface area contributed by atoms with Gasteiger partial charge in [-0.3, -0.25) is 4.99 Å². The first-order valence-corrected chi connectivity index (χ1v) is 6.93. The molecule has 17 heavy (non-hydrogen) atoms. The highest BCUT2D eigenvalue weighted by Gasteiger charge is 2.49. The number of fused-ring (bicyclic) bond motifs is 1. The molecule has 0 spiro atoms. The van der Waals surface area contributed by atoms with E-state index in [9.17, 15) is 5.11 Å². The number of amidine groups is 1. The number of aliphatic imine (C=N–C) groups is 1. The highest BCUT2D eigenvalue weighted by molar-refractivity contribution is 8.14. The van der Waals surface area contributed by atoms with Crippen LogP contribution >= 0.6 is 11.8 Å². The van der Waals surface area contributed by atoms with Gasteiger partial charge in [-0.15, -0.1) is 0 Å². The molecule has 2 rings (SSSR count). The molecule has 0 aromatic carbocycles. The van der Waals surface area contributed by atoms with Crippen molar-refractivity contribution in [3.8, 4) is 0 Å². The van der Waals surface area contributed by atoms with Crippen molar-refractivity contribution in [1.82, 2.24) is 5.32 Å². The maximum atomic E-state index is 10.2. The number of ether oxygens (including phenoxy) is 2. The van der Waals surface area contributed by atoms with Gasteiger partial charge in [0.15, 0.2) is 5.17 Å². The summed E-state index contributed by atoms with van der Waals surface area (Å²) in [6.45, 7) is 4.75. The van der Waals surface area contributed by atoms with E-state index in [1.54, 1.807) is 18.9 Å². The third kappa shape index (κ3) is 2.45. The lowest BCUT2D eigenvalue weighted by Crippen LogP contribution is -2.59. The summed E-state index contributed by atoms with van der Waals surface area (Å²) < 4.78 is 11.3. The lowest BCUT2D eigenvalue weighted by molar-refractivity contribution is -0.165. The maximum Gasteiger partial charge on any atom is 0.159 e. The van der Waals surface area contributed by atoms with Gasteiger partial charge in [0.1, 0.15) is 17.6 Å². The van der Waals surface area contributed by atoms with Crippen LogP contribution in [0, 0.1) is 0 Å². The molecule has 0 saturated carbocycles. The molecule has 2 fully saturated rings. The lowest BCUT2D eigenvalue weighted by atomic mass is 9.96. The predicted molar refractivity (Wildman–Crippen MR) is 68.2 cm³/mol. The normalized spacial score (nSPS) is 43.5. The monoisotopic (exact) mass is 260 g/mol. The van der Waals surface area contributed by atoms with Gasteiger partial charge >= 0.3 is 0 Å². The topological polar surface area (TPSA) is 63.1 Å². The minimum atomic E-state index is -0.583. The van der Waals surface area contributed by atoms with Gasteiger partial charge in [0.2, 0.25) is 0 Å². The fourth-order valence-corrected chi connectivity index (χ4v) is 3.50. The summed E-state index contributed by atoms with van der Waals surface area (Å²) >= 11 is 1.58. The molecule has 6 heteroatoms. The summed E-state index contributed by atoms with van der Waals surface area (Å²) in [4.78, 5) is 4.34. The fourth-order valence-electron chi connectivity index (χ4n) is 2.30.